The van der Waals surface area contributed by atoms with Gasteiger partial charge in [-0.25, -0.2) is 4.79 Å². The quantitative estimate of drug-likeness (QED) is 0.798. The highest BCUT2D eigenvalue weighted by Crippen LogP contribution is 2.37. The average molecular weight is 268 g/mol. The maximum atomic E-state index is 11.5. The van der Waals surface area contributed by atoms with Gasteiger partial charge in [-0.1, -0.05) is 11.3 Å². The van der Waals surface area contributed by atoms with E-state index in [1.165, 1.54) is 18.4 Å². The van der Waals surface area contributed by atoms with E-state index in [4.69, 9.17) is 9.84 Å². The van der Waals surface area contributed by atoms with E-state index >= 15 is 0 Å². The number of aliphatic hydroxyl groups is 1. The molecule has 2 aromatic heterocycles. The van der Waals surface area contributed by atoms with Gasteiger partial charge >= 0.3 is 5.97 Å². The molecular formula is C11H12N2O4S. The van der Waals surface area contributed by atoms with E-state index < -0.39 is 5.97 Å². The first-order valence-electron chi connectivity index (χ1n) is 5.21. The molecule has 0 saturated carbocycles. The fourth-order valence-corrected chi connectivity index (χ4v) is 2.38. The number of aliphatic hydroxyl groups excluding tert-OH is 1. The lowest BCUT2D eigenvalue weighted by Crippen LogP contribution is -2.00. The van der Waals surface area contributed by atoms with E-state index in [1.54, 1.807) is 18.3 Å². The predicted octanol–water partition coefficient (Wildman–Crippen LogP) is 1.30. The summed E-state index contributed by atoms with van der Waals surface area (Å²) in [5.74, 6) is -0.417. The highest BCUT2D eigenvalue weighted by Gasteiger charge is 2.18. The molecule has 0 atom stereocenters. The molecule has 0 amide bonds. The third-order valence-electron chi connectivity index (χ3n) is 2.20. The van der Waals surface area contributed by atoms with Gasteiger partial charge in [0.1, 0.15) is 11.5 Å². The van der Waals surface area contributed by atoms with Gasteiger partial charge in [-0.15, -0.1) is 0 Å². The predicted molar refractivity (Wildman–Crippen MR) is 65.8 cm³/mol. The molecule has 0 radical (unpaired) electrons. The first-order valence-corrected chi connectivity index (χ1v) is 6.03. The molecule has 2 heterocycles. The molecule has 0 unspecified atom stereocenters. The first-order chi connectivity index (χ1) is 8.76. The van der Waals surface area contributed by atoms with E-state index in [9.17, 15) is 4.79 Å². The standard InChI is InChI=1S/C11H12N2O4S/c1-16-10(15)9-6-7(8-2-3-12-13-8)11(18-9)17-5-4-14/h2-3,6,14H,4-5H2,1H3,(H,12,13). The summed E-state index contributed by atoms with van der Waals surface area (Å²) in [5.41, 5.74) is 1.47. The van der Waals surface area contributed by atoms with Gasteiger partial charge in [-0.2, -0.15) is 5.10 Å². The summed E-state index contributed by atoms with van der Waals surface area (Å²) in [6, 6.07) is 3.45. The molecule has 0 saturated heterocycles. The van der Waals surface area contributed by atoms with Crippen LogP contribution in [0.4, 0.5) is 0 Å². The lowest BCUT2D eigenvalue weighted by Gasteiger charge is -2.02. The van der Waals surface area contributed by atoms with Crippen LogP contribution in [0, 0.1) is 0 Å². The molecule has 0 fully saturated rings. The number of aromatic amines is 1. The van der Waals surface area contributed by atoms with Gasteiger partial charge in [0.25, 0.3) is 0 Å². The van der Waals surface area contributed by atoms with Gasteiger partial charge in [0.05, 0.1) is 25.0 Å². The minimum atomic E-state index is -0.417. The lowest BCUT2D eigenvalue weighted by molar-refractivity contribution is 0.0606. The zero-order valence-electron chi connectivity index (χ0n) is 9.67. The van der Waals surface area contributed by atoms with Crippen molar-refractivity contribution in [3.63, 3.8) is 0 Å². The van der Waals surface area contributed by atoms with Crippen molar-refractivity contribution in [2.75, 3.05) is 20.3 Å². The molecule has 7 heteroatoms. The molecule has 0 aliphatic carbocycles. The van der Waals surface area contributed by atoms with Crippen LogP contribution in [0.15, 0.2) is 18.3 Å². The van der Waals surface area contributed by atoms with E-state index in [1.807, 2.05) is 0 Å². The first kappa shape index (κ1) is 12.6. The maximum Gasteiger partial charge on any atom is 0.348 e. The Morgan fingerprint density at radius 3 is 3.06 bits per heavy atom. The Kier molecular flexibility index (Phi) is 3.96. The van der Waals surface area contributed by atoms with Crippen LogP contribution >= 0.6 is 11.3 Å². The summed E-state index contributed by atoms with van der Waals surface area (Å²) in [4.78, 5) is 11.9. The summed E-state index contributed by atoms with van der Waals surface area (Å²) >= 11 is 1.17. The third kappa shape index (κ3) is 2.52. The van der Waals surface area contributed by atoms with Crippen LogP contribution in [-0.4, -0.2) is 41.6 Å². The number of nitrogens with one attached hydrogen (secondary N) is 1. The number of hydrogen-bond acceptors (Lipinski definition) is 6. The Morgan fingerprint density at radius 1 is 1.61 bits per heavy atom. The van der Waals surface area contributed by atoms with Crippen molar-refractivity contribution in [1.82, 2.24) is 10.2 Å². The van der Waals surface area contributed by atoms with Crippen LogP contribution < -0.4 is 4.74 Å². The summed E-state index contributed by atoms with van der Waals surface area (Å²) < 4.78 is 10.1. The van der Waals surface area contributed by atoms with Gasteiger partial charge < -0.3 is 14.6 Å². The topological polar surface area (TPSA) is 84.4 Å². The molecule has 2 N–H and O–H groups in total. The van der Waals surface area contributed by atoms with Crippen molar-refractivity contribution >= 4 is 17.3 Å². The SMILES string of the molecule is COC(=O)c1cc(-c2ccn[nH]2)c(OCCO)s1. The van der Waals surface area contributed by atoms with Crippen LogP contribution in [0.1, 0.15) is 9.67 Å². The number of carbonyl (C=O) groups excluding carboxylic acids is 1. The second-order valence-electron chi connectivity index (χ2n) is 3.35. The van der Waals surface area contributed by atoms with E-state index in [0.717, 1.165) is 11.3 Å². The van der Waals surface area contributed by atoms with Gasteiger partial charge in [0, 0.05) is 6.20 Å². The Labute approximate surface area is 107 Å². The van der Waals surface area contributed by atoms with Crippen LogP contribution in [0.3, 0.4) is 0 Å². The number of aromatic nitrogens is 2. The number of rotatable bonds is 5. The minimum Gasteiger partial charge on any atom is -0.481 e. The molecule has 0 bridgehead atoms. The Balaban J connectivity index is 2.36. The van der Waals surface area contributed by atoms with Crippen molar-refractivity contribution in [1.29, 1.82) is 0 Å². The van der Waals surface area contributed by atoms with Gasteiger partial charge in [-0.3, -0.25) is 5.10 Å². The fraction of sp³-hybridized carbons (Fsp3) is 0.273. The second-order valence-corrected chi connectivity index (χ2v) is 4.36. The van der Waals surface area contributed by atoms with E-state index in [-0.39, 0.29) is 13.2 Å². The molecule has 18 heavy (non-hydrogen) atoms. The van der Waals surface area contributed by atoms with Crippen LogP contribution in [0.2, 0.25) is 0 Å². The van der Waals surface area contributed by atoms with Gasteiger partial charge in [0.2, 0.25) is 0 Å². The molecule has 2 aromatic rings. The maximum absolute atomic E-state index is 11.5. The van der Waals surface area contributed by atoms with Crippen LogP contribution in [-0.2, 0) is 4.74 Å². The molecular weight excluding hydrogens is 256 g/mol. The number of hydrogen-bond donors (Lipinski definition) is 2. The van der Waals surface area contributed by atoms with Crippen molar-refractivity contribution < 1.29 is 19.4 Å². The monoisotopic (exact) mass is 268 g/mol. The Bertz CT molecular complexity index is 521. The van der Waals surface area contributed by atoms with Crippen molar-refractivity contribution in [2.24, 2.45) is 0 Å². The zero-order chi connectivity index (χ0) is 13.0. The van der Waals surface area contributed by atoms with E-state index in [2.05, 4.69) is 14.9 Å². The molecule has 96 valence electrons. The van der Waals surface area contributed by atoms with E-state index in [0.29, 0.717) is 9.94 Å². The fourth-order valence-electron chi connectivity index (χ4n) is 1.41. The van der Waals surface area contributed by atoms with Gasteiger partial charge in [0.15, 0.2) is 5.06 Å². The highest BCUT2D eigenvalue weighted by atomic mass is 32.1. The normalized spacial score (nSPS) is 10.3. The zero-order valence-corrected chi connectivity index (χ0v) is 10.5. The number of nitrogens with zero attached hydrogens (tertiary/aromatic N) is 1. The van der Waals surface area contributed by atoms with Crippen LogP contribution in [0.5, 0.6) is 5.06 Å². The Morgan fingerprint density at radius 2 is 2.44 bits per heavy atom. The summed E-state index contributed by atoms with van der Waals surface area (Å²) in [7, 11) is 1.33. The second kappa shape index (κ2) is 5.65. The third-order valence-corrected chi connectivity index (χ3v) is 3.23. The molecule has 2 rings (SSSR count). The number of ether oxygens (including phenoxy) is 2. The number of H-pyrrole nitrogens is 1. The highest BCUT2D eigenvalue weighted by molar-refractivity contribution is 7.16. The van der Waals surface area contributed by atoms with Gasteiger partial charge in [-0.05, 0) is 12.1 Å². The smallest absolute Gasteiger partial charge is 0.348 e. The lowest BCUT2D eigenvalue weighted by atomic mass is 10.2. The van der Waals surface area contributed by atoms with Crippen molar-refractivity contribution in [2.45, 2.75) is 0 Å². The minimum absolute atomic E-state index is 0.0894. The number of esters is 1. The molecule has 0 aliphatic heterocycles. The molecule has 0 aromatic carbocycles. The van der Waals surface area contributed by atoms with Crippen molar-refractivity contribution in [3.8, 4) is 16.3 Å². The van der Waals surface area contributed by atoms with Crippen LogP contribution in [0.25, 0.3) is 11.3 Å². The molecule has 0 spiro atoms. The Hall–Kier alpha value is -1.86. The van der Waals surface area contributed by atoms with Crippen molar-refractivity contribution in [3.05, 3.63) is 23.2 Å². The number of methoxy groups -OCH3 is 1. The average Bonchev–Trinajstić information content (AvgIpc) is 3.03. The molecule has 6 nitrogen and oxygen atoms in total. The summed E-state index contributed by atoms with van der Waals surface area (Å²) in [6.45, 7) is 0.0795. The number of thiophene rings is 1. The number of carbonyl (C=O) groups is 1. The molecule has 0 aliphatic rings. The summed E-state index contributed by atoms with van der Waals surface area (Å²) in [5, 5.41) is 16.0. The largest absolute Gasteiger partial charge is 0.481 e. The summed E-state index contributed by atoms with van der Waals surface area (Å²) in [6.07, 6.45) is 1.61.